The fraction of sp³-hybridized carbons (Fsp3) is 0.357. The zero-order valence-electron chi connectivity index (χ0n) is 10.9. The van der Waals surface area contributed by atoms with Gasteiger partial charge in [-0.1, -0.05) is 18.1 Å². The van der Waals surface area contributed by atoms with Crippen LogP contribution in [0.15, 0.2) is 22.7 Å². The Labute approximate surface area is 115 Å². The Bertz CT molecular complexity index is 634. The second-order valence-electron chi connectivity index (χ2n) is 4.69. The van der Waals surface area contributed by atoms with Gasteiger partial charge in [-0.15, -0.1) is 0 Å². The van der Waals surface area contributed by atoms with Crippen molar-refractivity contribution < 1.29 is 13.3 Å². The molecule has 6 heteroatoms. The fourth-order valence-electron chi connectivity index (χ4n) is 1.81. The molecule has 0 N–H and O–H groups in total. The maximum Gasteiger partial charge on any atom is 0.226 e. The minimum atomic E-state index is -0.630. The standard InChI is InChI=1S/C14H13F2N3O/c1-9(4-5-17)6-14-18-13(19-20-14)7-10-2-3-11(15)8-12(10)16/h2-3,8-9H,4,6-7H2,1H3. The average Bonchev–Trinajstić information content (AvgIpc) is 2.80. The largest absolute Gasteiger partial charge is 0.339 e. The Kier molecular flexibility index (Phi) is 4.41. The molecule has 20 heavy (non-hydrogen) atoms. The van der Waals surface area contributed by atoms with Crippen LogP contribution in [-0.4, -0.2) is 10.1 Å². The lowest BCUT2D eigenvalue weighted by Gasteiger charge is -2.00. The van der Waals surface area contributed by atoms with Crippen LogP contribution in [0, 0.1) is 28.9 Å². The number of aromatic nitrogens is 2. The van der Waals surface area contributed by atoms with E-state index < -0.39 is 11.6 Å². The zero-order valence-corrected chi connectivity index (χ0v) is 10.9. The van der Waals surface area contributed by atoms with Crippen LogP contribution in [0.1, 0.15) is 30.6 Å². The Morgan fingerprint density at radius 2 is 2.20 bits per heavy atom. The first-order valence-electron chi connectivity index (χ1n) is 6.21. The molecule has 1 atom stereocenters. The molecule has 0 saturated carbocycles. The average molecular weight is 277 g/mol. The molecule has 0 spiro atoms. The maximum absolute atomic E-state index is 13.5. The van der Waals surface area contributed by atoms with Crippen molar-refractivity contribution in [1.82, 2.24) is 10.1 Å². The highest BCUT2D eigenvalue weighted by Crippen LogP contribution is 2.15. The minimum Gasteiger partial charge on any atom is -0.339 e. The zero-order chi connectivity index (χ0) is 14.5. The van der Waals surface area contributed by atoms with Crippen LogP contribution in [0.25, 0.3) is 0 Å². The van der Waals surface area contributed by atoms with Crippen LogP contribution >= 0.6 is 0 Å². The van der Waals surface area contributed by atoms with Crippen molar-refractivity contribution in [2.24, 2.45) is 5.92 Å². The molecule has 0 aliphatic heterocycles. The third-order valence-electron chi connectivity index (χ3n) is 2.84. The number of hydrogen-bond donors (Lipinski definition) is 0. The summed E-state index contributed by atoms with van der Waals surface area (Å²) in [5, 5.41) is 12.3. The van der Waals surface area contributed by atoms with Crippen LogP contribution in [-0.2, 0) is 12.8 Å². The molecule has 2 aromatic rings. The molecule has 2 rings (SSSR count). The third-order valence-corrected chi connectivity index (χ3v) is 2.84. The quantitative estimate of drug-likeness (QED) is 0.842. The number of nitriles is 1. The van der Waals surface area contributed by atoms with Crippen LogP contribution < -0.4 is 0 Å². The monoisotopic (exact) mass is 277 g/mol. The first-order valence-corrected chi connectivity index (χ1v) is 6.21. The van der Waals surface area contributed by atoms with Crippen molar-refractivity contribution in [3.63, 3.8) is 0 Å². The lowest BCUT2D eigenvalue weighted by molar-refractivity contribution is 0.355. The van der Waals surface area contributed by atoms with Gasteiger partial charge < -0.3 is 4.52 Å². The lowest BCUT2D eigenvalue weighted by atomic mass is 10.1. The van der Waals surface area contributed by atoms with Gasteiger partial charge in [0.05, 0.1) is 6.07 Å². The number of benzene rings is 1. The van der Waals surface area contributed by atoms with Crippen molar-refractivity contribution in [2.75, 3.05) is 0 Å². The molecule has 104 valence electrons. The van der Waals surface area contributed by atoms with E-state index in [1.807, 2.05) is 6.92 Å². The smallest absolute Gasteiger partial charge is 0.226 e. The van der Waals surface area contributed by atoms with Gasteiger partial charge in [0.1, 0.15) is 11.6 Å². The summed E-state index contributed by atoms with van der Waals surface area (Å²) in [6.45, 7) is 1.91. The molecule has 1 aromatic carbocycles. The predicted octanol–water partition coefficient (Wildman–Crippen LogP) is 3.03. The number of halogens is 2. The summed E-state index contributed by atoms with van der Waals surface area (Å²) in [6.07, 6.45) is 1.05. The number of rotatable bonds is 5. The van der Waals surface area contributed by atoms with Crippen molar-refractivity contribution in [3.05, 3.63) is 47.1 Å². The summed E-state index contributed by atoms with van der Waals surface area (Å²) in [4.78, 5) is 4.14. The molecule has 0 aliphatic rings. The summed E-state index contributed by atoms with van der Waals surface area (Å²) in [6, 6.07) is 5.45. The molecule has 4 nitrogen and oxygen atoms in total. The van der Waals surface area contributed by atoms with Crippen LogP contribution in [0.4, 0.5) is 8.78 Å². The molecule has 0 bridgehead atoms. The summed E-state index contributed by atoms with van der Waals surface area (Å²) in [5.74, 6) is -0.365. The number of hydrogen-bond acceptors (Lipinski definition) is 4. The van der Waals surface area contributed by atoms with Crippen molar-refractivity contribution in [3.8, 4) is 6.07 Å². The predicted molar refractivity (Wildman–Crippen MR) is 66.6 cm³/mol. The van der Waals surface area contributed by atoms with E-state index in [-0.39, 0.29) is 12.3 Å². The van der Waals surface area contributed by atoms with E-state index >= 15 is 0 Å². The summed E-state index contributed by atoms with van der Waals surface area (Å²) in [7, 11) is 0. The highest BCUT2D eigenvalue weighted by atomic mass is 19.1. The Morgan fingerprint density at radius 1 is 1.40 bits per heavy atom. The topological polar surface area (TPSA) is 62.7 Å². The minimum absolute atomic E-state index is 0.121. The van der Waals surface area contributed by atoms with E-state index in [9.17, 15) is 8.78 Å². The summed E-state index contributed by atoms with van der Waals surface area (Å²) in [5.41, 5.74) is 0.309. The Hall–Kier alpha value is -2.29. The van der Waals surface area contributed by atoms with Gasteiger partial charge in [0.25, 0.3) is 0 Å². The van der Waals surface area contributed by atoms with E-state index in [2.05, 4.69) is 16.2 Å². The molecule has 0 radical (unpaired) electrons. The van der Waals surface area contributed by atoms with E-state index in [0.717, 1.165) is 6.07 Å². The summed E-state index contributed by atoms with van der Waals surface area (Å²) < 4.78 is 31.3. The van der Waals surface area contributed by atoms with E-state index in [0.29, 0.717) is 30.1 Å². The van der Waals surface area contributed by atoms with Gasteiger partial charge in [-0.05, 0) is 17.5 Å². The fourth-order valence-corrected chi connectivity index (χ4v) is 1.81. The van der Waals surface area contributed by atoms with E-state index in [1.54, 1.807) is 0 Å². The SMILES string of the molecule is CC(CC#N)Cc1nc(Cc2ccc(F)cc2F)no1. The van der Waals surface area contributed by atoms with Crippen LogP contribution in [0.3, 0.4) is 0 Å². The van der Waals surface area contributed by atoms with Crippen molar-refractivity contribution >= 4 is 0 Å². The molecular weight excluding hydrogens is 264 g/mol. The Balaban J connectivity index is 2.04. The van der Waals surface area contributed by atoms with Gasteiger partial charge in [-0.25, -0.2) is 8.78 Å². The van der Waals surface area contributed by atoms with E-state index in [4.69, 9.17) is 9.78 Å². The third kappa shape index (κ3) is 3.60. The molecule has 1 aromatic heterocycles. The highest BCUT2D eigenvalue weighted by molar-refractivity contribution is 5.21. The molecule has 0 fully saturated rings. The van der Waals surface area contributed by atoms with Gasteiger partial charge >= 0.3 is 0 Å². The Morgan fingerprint density at radius 3 is 2.90 bits per heavy atom. The molecule has 0 aliphatic carbocycles. The van der Waals surface area contributed by atoms with Gasteiger partial charge in [0.2, 0.25) is 5.89 Å². The molecule has 0 saturated heterocycles. The molecule has 1 unspecified atom stereocenters. The molecule has 1 heterocycles. The van der Waals surface area contributed by atoms with Crippen molar-refractivity contribution in [1.29, 1.82) is 5.26 Å². The van der Waals surface area contributed by atoms with Gasteiger partial charge in [0.15, 0.2) is 5.82 Å². The van der Waals surface area contributed by atoms with Gasteiger partial charge in [0, 0.05) is 25.3 Å². The van der Waals surface area contributed by atoms with E-state index in [1.165, 1.54) is 12.1 Å². The van der Waals surface area contributed by atoms with Crippen LogP contribution in [0.5, 0.6) is 0 Å². The normalized spacial score (nSPS) is 12.1. The maximum atomic E-state index is 13.5. The first-order chi connectivity index (χ1) is 9.58. The molecule has 0 amide bonds. The highest BCUT2D eigenvalue weighted by Gasteiger charge is 2.13. The summed E-state index contributed by atoms with van der Waals surface area (Å²) >= 11 is 0. The second-order valence-corrected chi connectivity index (χ2v) is 4.69. The van der Waals surface area contributed by atoms with Crippen molar-refractivity contribution in [2.45, 2.75) is 26.2 Å². The van der Waals surface area contributed by atoms with Gasteiger partial charge in [-0.3, -0.25) is 0 Å². The number of nitrogens with zero attached hydrogens (tertiary/aromatic N) is 3. The first kappa shape index (κ1) is 14.1. The molecular formula is C14H13F2N3O. The van der Waals surface area contributed by atoms with Crippen LogP contribution in [0.2, 0.25) is 0 Å². The second kappa shape index (κ2) is 6.24. The van der Waals surface area contributed by atoms with Gasteiger partial charge in [-0.2, -0.15) is 10.2 Å². The lowest BCUT2D eigenvalue weighted by Crippen LogP contribution is -2.00.